The Morgan fingerprint density at radius 3 is 2.68 bits per heavy atom. The van der Waals surface area contributed by atoms with E-state index in [0.717, 1.165) is 6.26 Å². The highest BCUT2D eigenvalue weighted by Crippen LogP contribution is 2.22. The van der Waals surface area contributed by atoms with E-state index in [9.17, 15) is 23.4 Å². The summed E-state index contributed by atoms with van der Waals surface area (Å²) >= 11 is 0. The van der Waals surface area contributed by atoms with Crippen molar-refractivity contribution >= 4 is 21.6 Å². The number of primary amides is 1. The number of amides is 1. The maximum atomic E-state index is 11.3. The van der Waals surface area contributed by atoms with Gasteiger partial charge in [0.1, 0.15) is 18.1 Å². The Morgan fingerprint density at radius 1 is 1.25 bits per heavy atom. The van der Waals surface area contributed by atoms with Gasteiger partial charge < -0.3 is 26.0 Å². The first-order valence-electron chi connectivity index (χ1n) is 8.38. The lowest BCUT2D eigenvalue weighted by Crippen LogP contribution is -2.26. The third-order valence-electron chi connectivity index (χ3n) is 3.69. The first-order chi connectivity index (χ1) is 13.2. The number of rotatable bonds is 10. The van der Waals surface area contributed by atoms with Crippen LogP contribution in [0.1, 0.15) is 22.0 Å². The Labute approximate surface area is 163 Å². The van der Waals surface area contributed by atoms with E-state index < -0.39 is 22.0 Å². The minimum absolute atomic E-state index is 0.0246. The van der Waals surface area contributed by atoms with Gasteiger partial charge in [0.15, 0.2) is 0 Å². The predicted molar refractivity (Wildman–Crippen MR) is 105 cm³/mol. The average molecular weight is 409 g/mol. The van der Waals surface area contributed by atoms with E-state index in [1.165, 1.54) is 18.2 Å². The molecule has 28 heavy (non-hydrogen) atoms. The third kappa shape index (κ3) is 6.72. The number of benzene rings is 2. The summed E-state index contributed by atoms with van der Waals surface area (Å²) in [5, 5.41) is 22.8. The van der Waals surface area contributed by atoms with Crippen LogP contribution in [-0.2, 0) is 10.0 Å². The zero-order valence-corrected chi connectivity index (χ0v) is 16.1. The first kappa shape index (κ1) is 21.5. The van der Waals surface area contributed by atoms with Gasteiger partial charge in [0, 0.05) is 18.8 Å². The molecular weight excluding hydrogens is 386 g/mol. The molecule has 1 amide bonds. The molecule has 0 fully saturated rings. The highest BCUT2D eigenvalue weighted by atomic mass is 32.2. The van der Waals surface area contributed by atoms with Gasteiger partial charge in [-0.3, -0.25) is 9.52 Å². The van der Waals surface area contributed by atoms with Crippen LogP contribution in [0.2, 0.25) is 0 Å². The maximum Gasteiger partial charge on any atom is 0.252 e. The molecule has 2 aromatic rings. The zero-order valence-electron chi connectivity index (χ0n) is 15.3. The van der Waals surface area contributed by atoms with Gasteiger partial charge in [-0.1, -0.05) is 12.1 Å². The normalized spacial score (nSPS) is 12.4. The molecule has 6 N–H and O–H groups in total. The van der Waals surface area contributed by atoms with E-state index in [2.05, 4.69) is 10.0 Å². The number of aliphatic hydroxyl groups is 1. The lowest BCUT2D eigenvalue weighted by Gasteiger charge is -2.14. The molecule has 10 heteroatoms. The minimum Gasteiger partial charge on any atom is -0.507 e. The van der Waals surface area contributed by atoms with Gasteiger partial charge in [-0.05, 0) is 35.9 Å². The molecule has 1 atom stereocenters. The summed E-state index contributed by atoms with van der Waals surface area (Å²) in [6.45, 7) is 0.893. The van der Waals surface area contributed by atoms with E-state index >= 15 is 0 Å². The zero-order chi connectivity index (χ0) is 20.7. The number of carbonyl (C=O) groups is 1. The van der Waals surface area contributed by atoms with Crippen molar-refractivity contribution in [1.29, 1.82) is 0 Å². The SMILES string of the molecule is CS(=O)(=O)Nc1cccc(C(O)CNCCOc2ccc(O)c(C(N)=O)c2)c1. The highest BCUT2D eigenvalue weighted by Gasteiger charge is 2.10. The van der Waals surface area contributed by atoms with Crippen molar-refractivity contribution in [3.8, 4) is 11.5 Å². The number of anilines is 1. The van der Waals surface area contributed by atoms with Crippen molar-refractivity contribution in [2.45, 2.75) is 6.10 Å². The number of nitrogens with one attached hydrogen (secondary N) is 2. The van der Waals surface area contributed by atoms with Crippen molar-refractivity contribution in [3.05, 3.63) is 53.6 Å². The largest absolute Gasteiger partial charge is 0.507 e. The van der Waals surface area contributed by atoms with Gasteiger partial charge in [0.05, 0.1) is 17.9 Å². The van der Waals surface area contributed by atoms with Crippen molar-refractivity contribution in [2.75, 3.05) is 30.7 Å². The van der Waals surface area contributed by atoms with Crippen LogP contribution in [0.3, 0.4) is 0 Å². The number of nitrogens with two attached hydrogens (primary N) is 1. The van der Waals surface area contributed by atoms with Crippen molar-refractivity contribution in [3.63, 3.8) is 0 Å². The Morgan fingerprint density at radius 2 is 2.00 bits per heavy atom. The average Bonchev–Trinajstić information content (AvgIpc) is 2.61. The molecule has 0 heterocycles. The van der Waals surface area contributed by atoms with Gasteiger partial charge >= 0.3 is 0 Å². The Balaban J connectivity index is 1.80. The van der Waals surface area contributed by atoms with Gasteiger partial charge in [0.25, 0.3) is 5.91 Å². The number of hydrogen-bond donors (Lipinski definition) is 5. The number of phenols is 1. The molecule has 0 radical (unpaired) electrons. The standard InChI is InChI=1S/C18H23N3O6S/c1-28(25,26)21-13-4-2-3-12(9-13)17(23)11-20-7-8-27-14-5-6-16(22)15(10-14)18(19)24/h2-6,9-10,17,20-23H,7-8,11H2,1H3,(H2,19,24). The number of carbonyl (C=O) groups excluding carboxylic acids is 1. The van der Waals surface area contributed by atoms with Crippen molar-refractivity contribution in [2.24, 2.45) is 5.73 Å². The summed E-state index contributed by atoms with van der Waals surface area (Å²) in [6, 6.07) is 10.7. The molecule has 0 aromatic heterocycles. The van der Waals surface area contributed by atoms with Crippen LogP contribution in [0.15, 0.2) is 42.5 Å². The predicted octanol–water partition coefficient (Wildman–Crippen LogP) is 0.565. The fraction of sp³-hybridized carbons (Fsp3) is 0.278. The molecule has 0 aliphatic rings. The van der Waals surface area contributed by atoms with E-state index in [1.54, 1.807) is 24.3 Å². The molecule has 2 aromatic carbocycles. The summed E-state index contributed by atoms with van der Waals surface area (Å²) in [7, 11) is -3.39. The lowest BCUT2D eigenvalue weighted by atomic mass is 10.1. The summed E-state index contributed by atoms with van der Waals surface area (Å²) in [4.78, 5) is 11.2. The second-order valence-electron chi connectivity index (χ2n) is 6.11. The number of hydrogen-bond acceptors (Lipinski definition) is 7. The second-order valence-corrected chi connectivity index (χ2v) is 7.86. The van der Waals surface area contributed by atoms with Crippen LogP contribution in [0.4, 0.5) is 5.69 Å². The maximum absolute atomic E-state index is 11.3. The molecule has 2 rings (SSSR count). The van der Waals surface area contributed by atoms with Crippen molar-refractivity contribution in [1.82, 2.24) is 5.32 Å². The second kappa shape index (κ2) is 9.40. The van der Waals surface area contributed by atoms with Crippen LogP contribution >= 0.6 is 0 Å². The smallest absolute Gasteiger partial charge is 0.252 e. The fourth-order valence-electron chi connectivity index (χ4n) is 2.42. The Kier molecular flexibility index (Phi) is 7.21. The quantitative estimate of drug-likeness (QED) is 0.360. The molecular formula is C18H23N3O6S. The number of aliphatic hydroxyl groups excluding tert-OH is 1. The van der Waals surface area contributed by atoms with Crippen LogP contribution < -0.4 is 20.5 Å². The van der Waals surface area contributed by atoms with Gasteiger partial charge in [0.2, 0.25) is 10.0 Å². The fourth-order valence-corrected chi connectivity index (χ4v) is 2.98. The van der Waals surface area contributed by atoms with E-state index in [-0.39, 0.29) is 24.5 Å². The van der Waals surface area contributed by atoms with Crippen LogP contribution in [0.5, 0.6) is 11.5 Å². The van der Waals surface area contributed by atoms with Crippen LogP contribution in [0, 0.1) is 0 Å². The lowest BCUT2D eigenvalue weighted by molar-refractivity contribution is 0.0997. The molecule has 1 unspecified atom stereocenters. The minimum atomic E-state index is -3.39. The molecule has 0 saturated carbocycles. The molecule has 0 aliphatic heterocycles. The summed E-state index contributed by atoms with van der Waals surface area (Å²) in [5.41, 5.74) is 6.07. The number of sulfonamides is 1. The molecule has 9 nitrogen and oxygen atoms in total. The molecule has 0 aliphatic carbocycles. The van der Waals surface area contributed by atoms with E-state index in [4.69, 9.17) is 10.5 Å². The van der Waals surface area contributed by atoms with E-state index in [0.29, 0.717) is 23.5 Å². The highest BCUT2D eigenvalue weighted by molar-refractivity contribution is 7.92. The van der Waals surface area contributed by atoms with E-state index in [1.807, 2.05) is 0 Å². The topological polar surface area (TPSA) is 151 Å². The molecule has 0 spiro atoms. The summed E-state index contributed by atoms with van der Waals surface area (Å²) < 4.78 is 30.4. The molecule has 152 valence electrons. The monoisotopic (exact) mass is 409 g/mol. The molecule has 0 saturated heterocycles. The van der Waals surface area contributed by atoms with Gasteiger partial charge in [-0.25, -0.2) is 8.42 Å². The molecule has 0 bridgehead atoms. The van der Waals surface area contributed by atoms with Crippen molar-refractivity contribution < 1.29 is 28.2 Å². The Bertz CT molecular complexity index is 933. The van der Waals surface area contributed by atoms with Gasteiger partial charge in [-0.2, -0.15) is 0 Å². The Hall–Kier alpha value is -2.82. The summed E-state index contributed by atoms with van der Waals surface area (Å²) in [6.07, 6.45) is 0.217. The van der Waals surface area contributed by atoms with Gasteiger partial charge in [-0.15, -0.1) is 0 Å². The number of aromatic hydroxyl groups is 1. The number of ether oxygens (including phenoxy) is 1. The van der Waals surface area contributed by atoms with Crippen LogP contribution in [0.25, 0.3) is 0 Å². The third-order valence-corrected chi connectivity index (χ3v) is 4.30. The van der Waals surface area contributed by atoms with Crippen LogP contribution in [-0.4, -0.2) is 50.5 Å². The first-order valence-corrected chi connectivity index (χ1v) is 10.3. The summed E-state index contributed by atoms with van der Waals surface area (Å²) in [5.74, 6) is -0.584.